The van der Waals surface area contributed by atoms with E-state index in [9.17, 15) is 0 Å². The van der Waals surface area contributed by atoms with Gasteiger partial charge in [0.25, 0.3) is 5.97 Å². The SMILES string of the molecule is CC(=O)O.COCc1ccccc1. The maximum atomic E-state index is 9.00. The predicted molar refractivity (Wildman–Crippen MR) is 50.5 cm³/mol. The molecule has 1 aromatic rings. The first-order valence-corrected chi connectivity index (χ1v) is 3.89. The number of methoxy groups -OCH3 is 1. The summed E-state index contributed by atoms with van der Waals surface area (Å²) in [4.78, 5) is 9.00. The second kappa shape index (κ2) is 7.31. The fourth-order valence-electron chi connectivity index (χ4n) is 0.741. The molecule has 0 fully saturated rings. The Morgan fingerprint density at radius 2 is 1.85 bits per heavy atom. The molecule has 0 aliphatic carbocycles. The van der Waals surface area contributed by atoms with E-state index >= 15 is 0 Å². The van der Waals surface area contributed by atoms with E-state index in [1.165, 1.54) is 5.56 Å². The van der Waals surface area contributed by atoms with Gasteiger partial charge in [0, 0.05) is 14.0 Å². The normalized spacial score (nSPS) is 8.46. The molecule has 1 aromatic carbocycles. The zero-order valence-electron chi connectivity index (χ0n) is 7.86. The number of benzene rings is 1. The van der Waals surface area contributed by atoms with E-state index in [0.29, 0.717) is 6.61 Å². The number of carboxylic acid groups (broad SMARTS) is 1. The second-order valence-corrected chi connectivity index (χ2v) is 2.44. The van der Waals surface area contributed by atoms with Crippen LogP contribution in [-0.4, -0.2) is 18.2 Å². The summed E-state index contributed by atoms with van der Waals surface area (Å²) in [6.45, 7) is 1.79. The molecular weight excluding hydrogens is 168 g/mol. The Morgan fingerprint density at radius 1 is 1.38 bits per heavy atom. The van der Waals surface area contributed by atoms with Crippen molar-refractivity contribution in [3.63, 3.8) is 0 Å². The van der Waals surface area contributed by atoms with Gasteiger partial charge in [-0.1, -0.05) is 30.3 Å². The molecule has 0 radical (unpaired) electrons. The van der Waals surface area contributed by atoms with Gasteiger partial charge in [0.05, 0.1) is 6.61 Å². The number of carboxylic acids is 1. The Hall–Kier alpha value is -1.35. The van der Waals surface area contributed by atoms with Crippen molar-refractivity contribution in [2.24, 2.45) is 0 Å². The highest BCUT2D eigenvalue weighted by Gasteiger charge is 1.84. The molecule has 1 rings (SSSR count). The number of hydrogen-bond donors (Lipinski definition) is 1. The van der Waals surface area contributed by atoms with E-state index in [0.717, 1.165) is 6.92 Å². The third-order valence-corrected chi connectivity index (χ3v) is 1.15. The Morgan fingerprint density at radius 3 is 2.23 bits per heavy atom. The van der Waals surface area contributed by atoms with Crippen molar-refractivity contribution in [1.29, 1.82) is 0 Å². The molecule has 0 saturated heterocycles. The molecule has 0 heterocycles. The van der Waals surface area contributed by atoms with Crippen LogP contribution < -0.4 is 0 Å². The minimum Gasteiger partial charge on any atom is -0.481 e. The highest BCUT2D eigenvalue weighted by molar-refractivity contribution is 5.62. The van der Waals surface area contributed by atoms with Crippen LogP contribution >= 0.6 is 0 Å². The molecule has 0 aliphatic rings. The molecule has 0 bridgehead atoms. The maximum Gasteiger partial charge on any atom is 0.300 e. The van der Waals surface area contributed by atoms with Crippen molar-refractivity contribution in [3.8, 4) is 0 Å². The quantitative estimate of drug-likeness (QED) is 0.760. The van der Waals surface area contributed by atoms with Crippen LogP contribution in [0.3, 0.4) is 0 Å². The maximum absolute atomic E-state index is 9.00. The average Bonchev–Trinajstić information content (AvgIpc) is 2.06. The van der Waals surface area contributed by atoms with Crippen LogP contribution in [0, 0.1) is 0 Å². The molecule has 13 heavy (non-hydrogen) atoms. The summed E-state index contributed by atoms with van der Waals surface area (Å²) in [6.07, 6.45) is 0. The predicted octanol–water partition coefficient (Wildman–Crippen LogP) is 1.92. The van der Waals surface area contributed by atoms with E-state index in [1.54, 1.807) is 7.11 Å². The van der Waals surface area contributed by atoms with Gasteiger partial charge in [-0.3, -0.25) is 4.79 Å². The molecule has 0 saturated carbocycles. The molecule has 0 unspecified atom stereocenters. The monoisotopic (exact) mass is 182 g/mol. The largest absolute Gasteiger partial charge is 0.481 e. The van der Waals surface area contributed by atoms with Crippen molar-refractivity contribution in [2.75, 3.05) is 7.11 Å². The number of carbonyl (C=O) groups is 1. The molecule has 0 amide bonds. The van der Waals surface area contributed by atoms with E-state index < -0.39 is 5.97 Å². The summed E-state index contributed by atoms with van der Waals surface area (Å²) in [5.41, 5.74) is 1.22. The van der Waals surface area contributed by atoms with Crippen molar-refractivity contribution >= 4 is 5.97 Å². The lowest BCUT2D eigenvalue weighted by molar-refractivity contribution is -0.134. The summed E-state index contributed by atoms with van der Waals surface area (Å²) in [5.74, 6) is -0.833. The van der Waals surface area contributed by atoms with Crippen LogP contribution in [-0.2, 0) is 16.1 Å². The van der Waals surface area contributed by atoms with Crippen molar-refractivity contribution in [3.05, 3.63) is 35.9 Å². The zero-order chi connectivity index (χ0) is 10.1. The first-order valence-electron chi connectivity index (χ1n) is 3.89. The highest BCUT2D eigenvalue weighted by Crippen LogP contribution is 1.98. The number of ether oxygens (including phenoxy) is 1. The molecule has 1 N–H and O–H groups in total. The standard InChI is InChI=1S/C8H10O.C2H4O2/c1-9-7-8-5-3-2-4-6-8;1-2(3)4/h2-6H,7H2,1H3;1H3,(H,3,4). The van der Waals surface area contributed by atoms with E-state index in [1.807, 2.05) is 30.3 Å². The molecule has 0 atom stereocenters. The third kappa shape index (κ3) is 8.56. The molecule has 3 nitrogen and oxygen atoms in total. The van der Waals surface area contributed by atoms with Gasteiger partial charge >= 0.3 is 0 Å². The summed E-state index contributed by atoms with van der Waals surface area (Å²) in [6, 6.07) is 10.1. The fourth-order valence-corrected chi connectivity index (χ4v) is 0.741. The Balaban J connectivity index is 0.000000310. The number of hydrogen-bond acceptors (Lipinski definition) is 2. The van der Waals surface area contributed by atoms with Crippen LogP contribution in [0.1, 0.15) is 12.5 Å². The van der Waals surface area contributed by atoms with Gasteiger partial charge in [0.2, 0.25) is 0 Å². The lowest BCUT2D eigenvalue weighted by Gasteiger charge is -1.95. The Kier molecular flexibility index (Phi) is 6.55. The van der Waals surface area contributed by atoms with Crippen LogP contribution in [0.4, 0.5) is 0 Å². The smallest absolute Gasteiger partial charge is 0.300 e. The van der Waals surface area contributed by atoms with E-state index in [-0.39, 0.29) is 0 Å². The first kappa shape index (κ1) is 11.6. The minimum absolute atomic E-state index is 0.709. The fraction of sp³-hybridized carbons (Fsp3) is 0.300. The van der Waals surface area contributed by atoms with Crippen LogP contribution in [0.25, 0.3) is 0 Å². The van der Waals surface area contributed by atoms with E-state index in [2.05, 4.69) is 0 Å². The zero-order valence-corrected chi connectivity index (χ0v) is 7.86. The van der Waals surface area contributed by atoms with Crippen LogP contribution in [0.2, 0.25) is 0 Å². The highest BCUT2D eigenvalue weighted by atomic mass is 16.5. The summed E-state index contributed by atoms with van der Waals surface area (Å²) in [7, 11) is 1.70. The van der Waals surface area contributed by atoms with Gasteiger partial charge in [-0.25, -0.2) is 0 Å². The number of aliphatic carboxylic acids is 1. The molecule has 0 aromatic heterocycles. The van der Waals surface area contributed by atoms with Crippen LogP contribution in [0.15, 0.2) is 30.3 Å². The van der Waals surface area contributed by atoms with Gasteiger partial charge in [0.1, 0.15) is 0 Å². The average molecular weight is 182 g/mol. The summed E-state index contributed by atoms with van der Waals surface area (Å²) < 4.78 is 4.93. The van der Waals surface area contributed by atoms with E-state index in [4.69, 9.17) is 14.6 Å². The third-order valence-electron chi connectivity index (χ3n) is 1.15. The molecule has 0 aliphatic heterocycles. The molecular formula is C10H14O3. The van der Waals surface area contributed by atoms with Crippen molar-refractivity contribution in [2.45, 2.75) is 13.5 Å². The van der Waals surface area contributed by atoms with Gasteiger partial charge in [-0.15, -0.1) is 0 Å². The Bertz CT molecular complexity index is 227. The van der Waals surface area contributed by atoms with Crippen LogP contribution in [0.5, 0.6) is 0 Å². The topological polar surface area (TPSA) is 46.5 Å². The summed E-state index contributed by atoms with van der Waals surface area (Å²) in [5, 5.41) is 7.42. The molecule has 0 spiro atoms. The van der Waals surface area contributed by atoms with Gasteiger partial charge in [-0.05, 0) is 5.56 Å². The summed E-state index contributed by atoms with van der Waals surface area (Å²) >= 11 is 0. The Labute approximate surface area is 78.0 Å². The van der Waals surface area contributed by atoms with Gasteiger partial charge < -0.3 is 9.84 Å². The second-order valence-electron chi connectivity index (χ2n) is 2.44. The lowest BCUT2D eigenvalue weighted by Crippen LogP contribution is -1.84. The first-order chi connectivity index (χ1) is 6.16. The molecule has 3 heteroatoms. The minimum atomic E-state index is -0.833. The number of rotatable bonds is 2. The van der Waals surface area contributed by atoms with Gasteiger partial charge in [-0.2, -0.15) is 0 Å². The lowest BCUT2D eigenvalue weighted by atomic mass is 10.2. The molecule has 72 valence electrons. The van der Waals surface area contributed by atoms with Gasteiger partial charge in [0.15, 0.2) is 0 Å². The van der Waals surface area contributed by atoms with Crippen molar-refractivity contribution in [1.82, 2.24) is 0 Å². The van der Waals surface area contributed by atoms with Crippen molar-refractivity contribution < 1.29 is 14.6 Å².